The van der Waals surface area contributed by atoms with E-state index in [1.54, 1.807) is 12.1 Å². The molecule has 84 valence electrons. The van der Waals surface area contributed by atoms with Crippen LogP contribution in [0.15, 0.2) is 22.6 Å². The molecule has 1 aromatic carbocycles. The zero-order valence-corrected chi connectivity index (χ0v) is 9.23. The first-order chi connectivity index (χ1) is 7.63. The van der Waals surface area contributed by atoms with Gasteiger partial charge in [-0.3, -0.25) is 0 Å². The summed E-state index contributed by atoms with van der Waals surface area (Å²) in [6, 6.07) is 4.96. The standard InChI is InChI=1S/C12H13NO3/c1-3-7(2)11-13-9-6-4-5-8(12(14)15)10(9)16-11/h4-7H,3H2,1-2H3,(H,14,15). The average molecular weight is 219 g/mol. The molecule has 0 spiro atoms. The summed E-state index contributed by atoms with van der Waals surface area (Å²) >= 11 is 0. The summed E-state index contributed by atoms with van der Waals surface area (Å²) in [5, 5.41) is 9.00. The third-order valence-electron chi connectivity index (χ3n) is 2.70. The van der Waals surface area contributed by atoms with Crippen LogP contribution in [0.3, 0.4) is 0 Å². The highest BCUT2D eigenvalue weighted by Crippen LogP contribution is 2.25. The van der Waals surface area contributed by atoms with Crippen LogP contribution >= 0.6 is 0 Å². The van der Waals surface area contributed by atoms with Gasteiger partial charge in [0.15, 0.2) is 11.5 Å². The van der Waals surface area contributed by atoms with E-state index in [1.165, 1.54) is 6.07 Å². The Morgan fingerprint density at radius 2 is 2.31 bits per heavy atom. The minimum absolute atomic E-state index is 0.166. The highest BCUT2D eigenvalue weighted by atomic mass is 16.4. The molecule has 0 aliphatic carbocycles. The van der Waals surface area contributed by atoms with Crippen molar-refractivity contribution >= 4 is 17.1 Å². The molecule has 2 aromatic rings. The van der Waals surface area contributed by atoms with Crippen LogP contribution in [0.25, 0.3) is 11.1 Å². The van der Waals surface area contributed by atoms with Gasteiger partial charge in [-0.1, -0.05) is 19.9 Å². The molecule has 1 N–H and O–H groups in total. The van der Waals surface area contributed by atoms with Crippen molar-refractivity contribution in [2.45, 2.75) is 26.2 Å². The maximum absolute atomic E-state index is 11.0. The summed E-state index contributed by atoms with van der Waals surface area (Å²) in [4.78, 5) is 15.3. The zero-order valence-electron chi connectivity index (χ0n) is 9.23. The number of carbonyl (C=O) groups is 1. The Hall–Kier alpha value is -1.84. The second-order valence-corrected chi connectivity index (χ2v) is 3.82. The Morgan fingerprint density at radius 1 is 1.56 bits per heavy atom. The fourth-order valence-corrected chi connectivity index (χ4v) is 1.52. The summed E-state index contributed by atoms with van der Waals surface area (Å²) in [6.45, 7) is 4.04. The van der Waals surface area contributed by atoms with E-state index in [9.17, 15) is 4.79 Å². The third-order valence-corrected chi connectivity index (χ3v) is 2.70. The monoisotopic (exact) mass is 219 g/mol. The SMILES string of the molecule is CCC(C)c1nc2cccc(C(=O)O)c2o1. The molecular formula is C12H13NO3. The largest absolute Gasteiger partial charge is 0.478 e. The Balaban J connectivity index is 2.61. The lowest BCUT2D eigenvalue weighted by molar-refractivity contribution is 0.0698. The number of aromatic nitrogens is 1. The summed E-state index contributed by atoms with van der Waals surface area (Å²) in [7, 11) is 0. The number of nitrogens with zero attached hydrogens (tertiary/aromatic N) is 1. The molecule has 1 unspecified atom stereocenters. The number of hydrogen-bond donors (Lipinski definition) is 1. The van der Waals surface area contributed by atoms with E-state index in [4.69, 9.17) is 9.52 Å². The van der Waals surface area contributed by atoms with Crippen molar-refractivity contribution in [3.05, 3.63) is 29.7 Å². The van der Waals surface area contributed by atoms with Crippen LogP contribution in [0, 0.1) is 0 Å². The number of benzene rings is 1. The van der Waals surface area contributed by atoms with E-state index in [1.807, 2.05) is 13.8 Å². The number of hydrogen-bond acceptors (Lipinski definition) is 3. The number of carboxylic acids is 1. The fourth-order valence-electron chi connectivity index (χ4n) is 1.52. The van der Waals surface area contributed by atoms with Gasteiger partial charge in [-0.25, -0.2) is 9.78 Å². The van der Waals surface area contributed by atoms with E-state index in [2.05, 4.69) is 4.98 Å². The zero-order chi connectivity index (χ0) is 11.7. The lowest BCUT2D eigenvalue weighted by Gasteiger charge is -2.00. The number of aromatic carboxylic acids is 1. The summed E-state index contributed by atoms with van der Waals surface area (Å²) < 4.78 is 5.52. The lowest BCUT2D eigenvalue weighted by atomic mass is 10.1. The molecule has 1 atom stereocenters. The molecule has 1 heterocycles. The molecule has 4 heteroatoms. The highest BCUT2D eigenvalue weighted by Gasteiger charge is 2.16. The Kier molecular flexibility index (Phi) is 2.64. The van der Waals surface area contributed by atoms with Gasteiger partial charge < -0.3 is 9.52 Å². The predicted molar refractivity (Wildman–Crippen MR) is 59.7 cm³/mol. The van der Waals surface area contributed by atoms with Crippen LogP contribution in [-0.2, 0) is 0 Å². The predicted octanol–water partition coefficient (Wildman–Crippen LogP) is 3.04. The van der Waals surface area contributed by atoms with Gasteiger partial charge in [-0.2, -0.15) is 0 Å². The molecule has 0 bridgehead atoms. The van der Waals surface area contributed by atoms with Gasteiger partial charge in [0.25, 0.3) is 0 Å². The normalized spacial score (nSPS) is 12.9. The van der Waals surface area contributed by atoms with Crippen LogP contribution in [0.1, 0.15) is 42.4 Å². The van der Waals surface area contributed by atoms with E-state index in [0.717, 1.165) is 6.42 Å². The van der Waals surface area contributed by atoms with E-state index >= 15 is 0 Å². The van der Waals surface area contributed by atoms with Crippen LogP contribution in [0.5, 0.6) is 0 Å². The van der Waals surface area contributed by atoms with Crippen molar-refractivity contribution in [2.24, 2.45) is 0 Å². The Labute approximate surface area is 92.9 Å². The van der Waals surface area contributed by atoms with Crippen molar-refractivity contribution in [1.29, 1.82) is 0 Å². The third kappa shape index (κ3) is 1.66. The van der Waals surface area contributed by atoms with Gasteiger partial charge in [-0.05, 0) is 18.6 Å². The summed E-state index contributed by atoms with van der Waals surface area (Å²) in [5.74, 6) is -0.183. The highest BCUT2D eigenvalue weighted by molar-refractivity contribution is 5.99. The molecule has 0 radical (unpaired) electrons. The molecule has 0 aliphatic heterocycles. The minimum atomic E-state index is -0.988. The number of rotatable bonds is 3. The molecule has 0 aliphatic rings. The van der Waals surface area contributed by atoms with Crippen molar-refractivity contribution < 1.29 is 14.3 Å². The van der Waals surface area contributed by atoms with Crippen LogP contribution < -0.4 is 0 Å². The topological polar surface area (TPSA) is 63.3 Å². The van der Waals surface area contributed by atoms with Crippen molar-refractivity contribution in [1.82, 2.24) is 4.98 Å². The molecule has 0 amide bonds. The second-order valence-electron chi connectivity index (χ2n) is 3.82. The molecule has 2 rings (SSSR count). The quantitative estimate of drug-likeness (QED) is 0.861. The molecule has 0 fully saturated rings. The maximum Gasteiger partial charge on any atom is 0.339 e. The first kappa shape index (κ1) is 10.7. The van der Waals surface area contributed by atoms with E-state index < -0.39 is 5.97 Å². The van der Waals surface area contributed by atoms with Crippen molar-refractivity contribution in [3.8, 4) is 0 Å². The Bertz CT molecular complexity index is 530. The molecular weight excluding hydrogens is 206 g/mol. The molecule has 0 saturated carbocycles. The number of fused-ring (bicyclic) bond motifs is 1. The van der Waals surface area contributed by atoms with E-state index in [-0.39, 0.29) is 11.5 Å². The van der Waals surface area contributed by atoms with Gasteiger partial charge in [-0.15, -0.1) is 0 Å². The van der Waals surface area contributed by atoms with Crippen LogP contribution in [-0.4, -0.2) is 16.1 Å². The number of carboxylic acid groups (broad SMARTS) is 1. The Morgan fingerprint density at radius 3 is 2.94 bits per heavy atom. The molecule has 4 nitrogen and oxygen atoms in total. The van der Waals surface area contributed by atoms with E-state index in [0.29, 0.717) is 17.0 Å². The van der Waals surface area contributed by atoms with Crippen molar-refractivity contribution in [3.63, 3.8) is 0 Å². The lowest BCUT2D eigenvalue weighted by Crippen LogP contribution is -1.95. The van der Waals surface area contributed by atoms with Gasteiger partial charge in [0.05, 0.1) is 0 Å². The van der Waals surface area contributed by atoms with Gasteiger partial charge in [0.2, 0.25) is 0 Å². The van der Waals surface area contributed by atoms with Crippen LogP contribution in [0.2, 0.25) is 0 Å². The fraction of sp³-hybridized carbons (Fsp3) is 0.333. The first-order valence-electron chi connectivity index (χ1n) is 5.26. The second kappa shape index (κ2) is 3.96. The summed E-state index contributed by atoms with van der Waals surface area (Å²) in [6.07, 6.45) is 0.912. The first-order valence-corrected chi connectivity index (χ1v) is 5.26. The average Bonchev–Trinajstić information content (AvgIpc) is 2.70. The van der Waals surface area contributed by atoms with Gasteiger partial charge in [0, 0.05) is 5.92 Å². The molecule has 1 aromatic heterocycles. The number of oxazole rings is 1. The number of para-hydroxylation sites is 1. The smallest absolute Gasteiger partial charge is 0.339 e. The van der Waals surface area contributed by atoms with Crippen molar-refractivity contribution in [2.75, 3.05) is 0 Å². The van der Waals surface area contributed by atoms with Gasteiger partial charge >= 0.3 is 5.97 Å². The minimum Gasteiger partial charge on any atom is -0.478 e. The maximum atomic E-state index is 11.0. The van der Waals surface area contributed by atoms with Gasteiger partial charge in [0.1, 0.15) is 11.1 Å². The summed E-state index contributed by atoms with van der Waals surface area (Å²) in [5.41, 5.74) is 1.14. The molecule has 0 saturated heterocycles. The molecule has 16 heavy (non-hydrogen) atoms. The van der Waals surface area contributed by atoms with Crippen LogP contribution in [0.4, 0.5) is 0 Å².